The third-order valence-corrected chi connectivity index (χ3v) is 3.77. The van der Waals surface area contributed by atoms with Crippen LogP contribution in [0.3, 0.4) is 0 Å². The second kappa shape index (κ2) is 7.99. The van der Waals surface area contributed by atoms with E-state index in [1.807, 2.05) is 0 Å². The molecule has 2 amide bonds. The Morgan fingerprint density at radius 1 is 1.04 bits per heavy atom. The summed E-state index contributed by atoms with van der Waals surface area (Å²) in [6.45, 7) is 1.41. The lowest BCUT2D eigenvalue weighted by atomic mass is 10.0. The van der Waals surface area contributed by atoms with Crippen LogP contribution in [0.5, 0.6) is 0 Å². The Morgan fingerprint density at radius 2 is 1.70 bits per heavy atom. The lowest BCUT2D eigenvalue weighted by molar-refractivity contribution is -0.120. The van der Waals surface area contributed by atoms with E-state index in [9.17, 15) is 9.59 Å². The van der Waals surface area contributed by atoms with Gasteiger partial charge < -0.3 is 10.6 Å². The number of anilines is 1. The summed E-state index contributed by atoms with van der Waals surface area (Å²) < 4.78 is 0. The standard InChI is InChI=1S/C17H16Cl2N2O2/c1-11(22)20-16(12-6-8-13(18)9-7-12)10-17(23)21-15-5-3-2-4-14(15)19/h2-9,16H,10H2,1H3,(H,20,22)(H,21,23). The Hall–Kier alpha value is -2.04. The van der Waals surface area contributed by atoms with Crippen LogP contribution in [0, 0.1) is 0 Å². The number of hydrogen-bond acceptors (Lipinski definition) is 2. The molecule has 120 valence electrons. The van der Waals surface area contributed by atoms with Crippen molar-refractivity contribution in [2.24, 2.45) is 0 Å². The zero-order chi connectivity index (χ0) is 16.8. The van der Waals surface area contributed by atoms with Crippen LogP contribution in [0.25, 0.3) is 0 Å². The molecule has 0 aliphatic carbocycles. The number of carbonyl (C=O) groups excluding carboxylic acids is 2. The van der Waals surface area contributed by atoms with Crippen molar-refractivity contribution in [3.05, 3.63) is 64.1 Å². The van der Waals surface area contributed by atoms with Crippen molar-refractivity contribution in [2.75, 3.05) is 5.32 Å². The molecule has 1 atom stereocenters. The van der Waals surface area contributed by atoms with Crippen LogP contribution in [0.2, 0.25) is 10.0 Å². The molecular formula is C17H16Cl2N2O2. The summed E-state index contributed by atoms with van der Waals surface area (Å²) in [6.07, 6.45) is 0.0897. The number of carbonyl (C=O) groups is 2. The minimum absolute atomic E-state index is 0.0897. The summed E-state index contributed by atoms with van der Waals surface area (Å²) in [5, 5.41) is 6.57. The number of hydrogen-bond donors (Lipinski definition) is 2. The molecular weight excluding hydrogens is 335 g/mol. The molecule has 0 aliphatic rings. The molecule has 0 saturated heterocycles. The third-order valence-electron chi connectivity index (χ3n) is 3.19. The fourth-order valence-electron chi connectivity index (χ4n) is 2.14. The van der Waals surface area contributed by atoms with E-state index in [2.05, 4.69) is 10.6 Å². The molecule has 2 rings (SSSR count). The van der Waals surface area contributed by atoms with Crippen LogP contribution in [0.15, 0.2) is 48.5 Å². The first kappa shape index (κ1) is 17.3. The van der Waals surface area contributed by atoms with Gasteiger partial charge in [0.2, 0.25) is 11.8 Å². The van der Waals surface area contributed by atoms with Gasteiger partial charge in [0.25, 0.3) is 0 Å². The highest BCUT2D eigenvalue weighted by atomic mass is 35.5. The Balaban J connectivity index is 2.11. The monoisotopic (exact) mass is 350 g/mol. The van der Waals surface area contributed by atoms with E-state index in [0.29, 0.717) is 15.7 Å². The molecule has 0 saturated carbocycles. The van der Waals surface area contributed by atoms with E-state index >= 15 is 0 Å². The van der Waals surface area contributed by atoms with Gasteiger partial charge in [-0.05, 0) is 29.8 Å². The van der Waals surface area contributed by atoms with E-state index in [4.69, 9.17) is 23.2 Å². The number of amides is 2. The lowest BCUT2D eigenvalue weighted by Crippen LogP contribution is -2.29. The molecule has 23 heavy (non-hydrogen) atoms. The van der Waals surface area contributed by atoms with Crippen molar-refractivity contribution in [1.29, 1.82) is 0 Å². The van der Waals surface area contributed by atoms with Crippen LogP contribution < -0.4 is 10.6 Å². The van der Waals surface area contributed by atoms with Gasteiger partial charge in [0, 0.05) is 11.9 Å². The summed E-state index contributed by atoms with van der Waals surface area (Å²) in [6, 6.07) is 13.6. The van der Waals surface area contributed by atoms with E-state index in [-0.39, 0.29) is 18.2 Å². The van der Waals surface area contributed by atoms with E-state index in [1.165, 1.54) is 6.92 Å². The Labute approximate surface area is 144 Å². The van der Waals surface area contributed by atoms with Crippen LogP contribution >= 0.6 is 23.2 Å². The second-order valence-corrected chi connectivity index (χ2v) is 5.88. The van der Waals surface area contributed by atoms with Crippen molar-refractivity contribution >= 4 is 40.7 Å². The molecule has 2 N–H and O–H groups in total. The average Bonchev–Trinajstić information content (AvgIpc) is 2.49. The molecule has 0 fully saturated rings. The first-order valence-corrected chi connectivity index (χ1v) is 7.78. The topological polar surface area (TPSA) is 58.2 Å². The first-order chi connectivity index (χ1) is 11.0. The van der Waals surface area contributed by atoms with Crippen LogP contribution in [0.1, 0.15) is 24.9 Å². The van der Waals surface area contributed by atoms with Crippen molar-refractivity contribution < 1.29 is 9.59 Å². The zero-order valence-corrected chi connectivity index (χ0v) is 14.0. The zero-order valence-electron chi connectivity index (χ0n) is 12.5. The van der Waals surface area contributed by atoms with E-state index in [1.54, 1.807) is 48.5 Å². The maximum atomic E-state index is 12.2. The van der Waals surface area contributed by atoms with Gasteiger partial charge in [-0.15, -0.1) is 0 Å². The third kappa shape index (κ3) is 5.27. The quantitative estimate of drug-likeness (QED) is 0.848. The highest BCUT2D eigenvalue weighted by molar-refractivity contribution is 6.33. The molecule has 1 unspecified atom stereocenters. The van der Waals surface area contributed by atoms with Gasteiger partial charge in [0.1, 0.15) is 0 Å². The summed E-state index contributed by atoms with van der Waals surface area (Å²) in [5.74, 6) is -0.456. The maximum absolute atomic E-state index is 12.2. The highest BCUT2D eigenvalue weighted by Gasteiger charge is 2.17. The minimum atomic E-state index is -0.438. The number of para-hydroxylation sites is 1. The predicted octanol–water partition coefficient (Wildman–Crippen LogP) is 4.20. The fraction of sp³-hybridized carbons (Fsp3) is 0.176. The predicted molar refractivity (Wildman–Crippen MR) is 92.7 cm³/mol. The number of halogens is 2. The molecule has 4 nitrogen and oxygen atoms in total. The highest BCUT2D eigenvalue weighted by Crippen LogP contribution is 2.23. The Morgan fingerprint density at radius 3 is 2.30 bits per heavy atom. The molecule has 0 aliphatic heterocycles. The van der Waals surface area contributed by atoms with Gasteiger partial charge >= 0.3 is 0 Å². The first-order valence-electron chi connectivity index (χ1n) is 7.02. The van der Waals surface area contributed by atoms with Gasteiger partial charge in [-0.25, -0.2) is 0 Å². The smallest absolute Gasteiger partial charge is 0.226 e. The van der Waals surface area contributed by atoms with Gasteiger partial charge in [-0.2, -0.15) is 0 Å². The summed E-state index contributed by atoms with van der Waals surface area (Å²) >= 11 is 11.9. The van der Waals surface area contributed by atoms with Crippen LogP contribution in [0.4, 0.5) is 5.69 Å². The largest absolute Gasteiger partial charge is 0.349 e. The summed E-state index contributed by atoms with van der Waals surface area (Å²) in [5.41, 5.74) is 1.34. The van der Waals surface area contributed by atoms with Crippen molar-refractivity contribution in [3.8, 4) is 0 Å². The molecule has 0 aromatic heterocycles. The van der Waals surface area contributed by atoms with Crippen LogP contribution in [-0.4, -0.2) is 11.8 Å². The maximum Gasteiger partial charge on any atom is 0.226 e. The van der Waals surface area contributed by atoms with Gasteiger partial charge in [-0.1, -0.05) is 47.5 Å². The lowest BCUT2D eigenvalue weighted by Gasteiger charge is -2.18. The molecule has 2 aromatic rings. The van der Waals surface area contributed by atoms with Crippen molar-refractivity contribution in [1.82, 2.24) is 5.32 Å². The SMILES string of the molecule is CC(=O)NC(CC(=O)Nc1ccccc1Cl)c1ccc(Cl)cc1. The second-order valence-electron chi connectivity index (χ2n) is 5.04. The fourth-order valence-corrected chi connectivity index (χ4v) is 2.45. The normalized spacial score (nSPS) is 11.6. The van der Waals surface area contributed by atoms with Crippen molar-refractivity contribution in [3.63, 3.8) is 0 Å². The Kier molecular flexibility index (Phi) is 6.02. The number of nitrogens with one attached hydrogen (secondary N) is 2. The average molecular weight is 351 g/mol. The van der Waals surface area contributed by atoms with Crippen LogP contribution in [-0.2, 0) is 9.59 Å². The van der Waals surface area contributed by atoms with Gasteiger partial charge in [-0.3, -0.25) is 9.59 Å². The molecule has 0 heterocycles. The number of rotatable bonds is 5. The summed E-state index contributed by atoms with van der Waals surface area (Å²) in [4.78, 5) is 23.6. The van der Waals surface area contributed by atoms with Gasteiger partial charge in [0.05, 0.1) is 23.2 Å². The molecule has 2 aromatic carbocycles. The van der Waals surface area contributed by atoms with E-state index in [0.717, 1.165) is 5.56 Å². The minimum Gasteiger partial charge on any atom is -0.349 e. The van der Waals surface area contributed by atoms with Gasteiger partial charge in [0.15, 0.2) is 0 Å². The number of benzene rings is 2. The molecule has 0 radical (unpaired) electrons. The Bertz CT molecular complexity index is 702. The molecule has 0 spiro atoms. The van der Waals surface area contributed by atoms with Crippen molar-refractivity contribution in [2.45, 2.75) is 19.4 Å². The van der Waals surface area contributed by atoms with E-state index < -0.39 is 6.04 Å². The molecule has 6 heteroatoms. The summed E-state index contributed by atoms with van der Waals surface area (Å²) in [7, 11) is 0. The molecule has 0 bridgehead atoms.